The molecule has 3 aromatic carbocycles. The molecule has 0 aliphatic carbocycles. The minimum atomic E-state index is 0.876. The molecule has 1 N–H and O–H groups in total. The van der Waals surface area contributed by atoms with Crippen LogP contribution in [0.4, 0.5) is 0 Å². The second-order valence-corrected chi connectivity index (χ2v) is 9.35. The van der Waals surface area contributed by atoms with Gasteiger partial charge in [-0.05, 0) is 17.7 Å². The predicted octanol–water partition coefficient (Wildman–Crippen LogP) is 7.89. The lowest BCUT2D eigenvalue weighted by atomic mass is 10.2. The van der Waals surface area contributed by atoms with Crippen molar-refractivity contribution in [1.82, 2.24) is 9.97 Å². The normalized spacial score (nSPS) is 11.2. The summed E-state index contributed by atoms with van der Waals surface area (Å²) < 4.78 is 0.876. The van der Waals surface area contributed by atoms with Crippen molar-refractivity contribution in [3.63, 3.8) is 0 Å². The molecule has 146 valence electrons. The molecule has 30 heavy (non-hydrogen) atoms. The number of benzene rings is 3. The van der Waals surface area contributed by atoms with E-state index in [1.807, 2.05) is 42.4 Å². The first-order chi connectivity index (χ1) is 14.8. The topological polar surface area (TPSA) is 28.7 Å². The number of aromatic amines is 1. The summed E-state index contributed by atoms with van der Waals surface area (Å²) >= 11 is 9.35. The van der Waals surface area contributed by atoms with Crippen LogP contribution in [-0.4, -0.2) is 9.97 Å². The SMILES string of the molecule is S=c1c(Sc2cnc3ccccc3c2SCc2ccccc2)c[nH]c2ccccc12. The van der Waals surface area contributed by atoms with Gasteiger partial charge in [0.2, 0.25) is 0 Å². The number of para-hydroxylation sites is 2. The number of rotatable bonds is 5. The summed E-state index contributed by atoms with van der Waals surface area (Å²) in [5.74, 6) is 0.910. The number of fused-ring (bicyclic) bond motifs is 2. The van der Waals surface area contributed by atoms with Crippen LogP contribution in [0, 0.1) is 4.51 Å². The molecule has 0 aliphatic heterocycles. The lowest BCUT2D eigenvalue weighted by molar-refractivity contribution is 1.18. The lowest BCUT2D eigenvalue weighted by Crippen LogP contribution is -1.89. The van der Waals surface area contributed by atoms with Crippen molar-refractivity contribution >= 4 is 57.5 Å². The van der Waals surface area contributed by atoms with Gasteiger partial charge in [0.15, 0.2) is 0 Å². The zero-order valence-electron chi connectivity index (χ0n) is 16.0. The fraction of sp³-hybridized carbons (Fsp3) is 0.0400. The number of nitrogens with zero attached hydrogens (tertiary/aromatic N) is 1. The largest absolute Gasteiger partial charge is 0.360 e. The lowest BCUT2D eigenvalue weighted by Gasteiger charge is -2.13. The molecule has 0 aliphatic rings. The Morgan fingerprint density at radius 2 is 1.53 bits per heavy atom. The van der Waals surface area contributed by atoms with Gasteiger partial charge in [-0.1, -0.05) is 90.7 Å². The van der Waals surface area contributed by atoms with E-state index in [0.29, 0.717) is 0 Å². The van der Waals surface area contributed by atoms with E-state index in [4.69, 9.17) is 17.2 Å². The maximum Gasteiger partial charge on any atom is 0.0714 e. The maximum absolute atomic E-state index is 5.81. The van der Waals surface area contributed by atoms with Gasteiger partial charge in [0, 0.05) is 49.1 Å². The van der Waals surface area contributed by atoms with Gasteiger partial charge in [-0.25, -0.2) is 0 Å². The number of hydrogen-bond donors (Lipinski definition) is 1. The molecule has 5 heteroatoms. The van der Waals surface area contributed by atoms with Crippen molar-refractivity contribution in [2.24, 2.45) is 0 Å². The molecule has 0 saturated carbocycles. The van der Waals surface area contributed by atoms with Crippen LogP contribution in [0.15, 0.2) is 106 Å². The van der Waals surface area contributed by atoms with Crippen LogP contribution in [0.25, 0.3) is 21.8 Å². The van der Waals surface area contributed by atoms with Crippen LogP contribution >= 0.6 is 35.7 Å². The van der Waals surface area contributed by atoms with Gasteiger partial charge in [0.1, 0.15) is 0 Å². The van der Waals surface area contributed by atoms with E-state index in [-0.39, 0.29) is 0 Å². The number of aromatic nitrogens is 2. The first-order valence-corrected chi connectivity index (χ1v) is 11.8. The van der Waals surface area contributed by atoms with E-state index < -0.39 is 0 Å². The molecule has 2 nitrogen and oxygen atoms in total. The molecule has 5 aromatic rings. The van der Waals surface area contributed by atoms with Crippen molar-refractivity contribution in [1.29, 1.82) is 0 Å². The second-order valence-electron chi connectivity index (χ2n) is 6.87. The summed E-state index contributed by atoms with van der Waals surface area (Å²) in [6.45, 7) is 0. The van der Waals surface area contributed by atoms with Gasteiger partial charge in [0.25, 0.3) is 0 Å². The molecule has 0 saturated heterocycles. The minimum Gasteiger partial charge on any atom is -0.360 e. The van der Waals surface area contributed by atoms with E-state index in [0.717, 1.165) is 36.5 Å². The van der Waals surface area contributed by atoms with E-state index in [1.165, 1.54) is 15.8 Å². The minimum absolute atomic E-state index is 0.876. The number of H-pyrrole nitrogens is 1. The van der Waals surface area contributed by atoms with Gasteiger partial charge in [-0.3, -0.25) is 4.98 Å². The third-order valence-corrected chi connectivity index (χ3v) is 7.87. The summed E-state index contributed by atoms with van der Waals surface area (Å²) in [5, 5.41) is 2.25. The second kappa shape index (κ2) is 8.64. The fourth-order valence-electron chi connectivity index (χ4n) is 3.39. The number of pyridine rings is 2. The highest BCUT2D eigenvalue weighted by Gasteiger charge is 2.13. The Bertz CT molecular complexity index is 1390. The zero-order chi connectivity index (χ0) is 20.3. The Morgan fingerprint density at radius 3 is 2.40 bits per heavy atom. The van der Waals surface area contributed by atoms with Crippen molar-refractivity contribution in [3.05, 3.63) is 101 Å². The Hall–Kier alpha value is -2.60. The van der Waals surface area contributed by atoms with Crippen LogP contribution in [0.5, 0.6) is 0 Å². The third kappa shape index (κ3) is 3.88. The summed E-state index contributed by atoms with van der Waals surface area (Å²) in [6, 6.07) is 27.1. The third-order valence-electron chi connectivity index (χ3n) is 4.89. The van der Waals surface area contributed by atoms with E-state index in [1.54, 1.807) is 11.8 Å². The Labute approximate surface area is 188 Å². The van der Waals surface area contributed by atoms with Crippen LogP contribution < -0.4 is 0 Å². The maximum atomic E-state index is 5.81. The standard InChI is InChI=1S/C25H18N2S3/c28-24-18-10-4-6-12-20(18)26-14-22(24)30-23-15-27-21-13-7-5-11-19(21)25(23)29-16-17-8-2-1-3-9-17/h1-15H,16H2,(H,26,28). The zero-order valence-corrected chi connectivity index (χ0v) is 18.5. The summed E-state index contributed by atoms with van der Waals surface area (Å²) in [7, 11) is 0. The molecule has 0 unspecified atom stereocenters. The predicted molar refractivity (Wildman–Crippen MR) is 131 cm³/mol. The van der Waals surface area contributed by atoms with Gasteiger partial charge >= 0.3 is 0 Å². The molecule has 0 bridgehead atoms. The first-order valence-electron chi connectivity index (χ1n) is 9.62. The van der Waals surface area contributed by atoms with E-state index >= 15 is 0 Å². The van der Waals surface area contributed by atoms with E-state index in [2.05, 4.69) is 65.6 Å². The smallest absolute Gasteiger partial charge is 0.0714 e. The molecule has 2 aromatic heterocycles. The molecule has 2 heterocycles. The van der Waals surface area contributed by atoms with Crippen LogP contribution in [-0.2, 0) is 5.75 Å². The average molecular weight is 443 g/mol. The summed E-state index contributed by atoms with van der Waals surface area (Å²) in [6.07, 6.45) is 3.99. The monoisotopic (exact) mass is 442 g/mol. The first kappa shape index (κ1) is 19.4. The highest BCUT2D eigenvalue weighted by Crippen LogP contribution is 2.41. The molecule has 5 rings (SSSR count). The van der Waals surface area contributed by atoms with Gasteiger partial charge < -0.3 is 4.98 Å². The Morgan fingerprint density at radius 1 is 0.800 bits per heavy atom. The number of thioether (sulfide) groups is 1. The number of hydrogen-bond acceptors (Lipinski definition) is 4. The highest BCUT2D eigenvalue weighted by molar-refractivity contribution is 8.02. The molecule has 0 amide bonds. The Kier molecular flexibility index (Phi) is 5.58. The van der Waals surface area contributed by atoms with Crippen LogP contribution in [0.3, 0.4) is 0 Å². The van der Waals surface area contributed by atoms with Crippen molar-refractivity contribution in [3.8, 4) is 0 Å². The molecule has 0 radical (unpaired) electrons. The molecule has 0 spiro atoms. The van der Waals surface area contributed by atoms with Crippen molar-refractivity contribution in [2.75, 3.05) is 0 Å². The van der Waals surface area contributed by atoms with Gasteiger partial charge in [-0.2, -0.15) is 0 Å². The van der Waals surface area contributed by atoms with Gasteiger partial charge in [0.05, 0.1) is 10.0 Å². The quantitative estimate of drug-likeness (QED) is 0.221. The molecular weight excluding hydrogens is 424 g/mol. The van der Waals surface area contributed by atoms with E-state index in [9.17, 15) is 0 Å². The van der Waals surface area contributed by atoms with Gasteiger partial charge in [-0.15, -0.1) is 11.8 Å². The Balaban J connectivity index is 1.57. The average Bonchev–Trinajstić information content (AvgIpc) is 2.81. The van der Waals surface area contributed by atoms with Crippen molar-refractivity contribution in [2.45, 2.75) is 20.4 Å². The fourth-order valence-corrected chi connectivity index (χ4v) is 5.95. The highest BCUT2D eigenvalue weighted by atomic mass is 32.2. The van der Waals surface area contributed by atoms with Crippen LogP contribution in [0.1, 0.15) is 5.56 Å². The summed E-state index contributed by atoms with van der Waals surface area (Å²) in [5.41, 5.74) is 3.38. The molecular formula is C25H18N2S3. The van der Waals surface area contributed by atoms with Crippen LogP contribution in [0.2, 0.25) is 0 Å². The van der Waals surface area contributed by atoms with Crippen molar-refractivity contribution < 1.29 is 0 Å². The molecule has 0 atom stereocenters. The number of nitrogens with one attached hydrogen (secondary N) is 1. The molecule has 0 fully saturated rings. The summed E-state index contributed by atoms with van der Waals surface area (Å²) in [4.78, 5) is 11.5.